The van der Waals surface area contributed by atoms with Gasteiger partial charge in [0, 0.05) is 11.7 Å². The minimum atomic E-state index is -4.38. The van der Waals surface area contributed by atoms with Crippen LogP contribution in [0, 0.1) is 0 Å². The first-order chi connectivity index (χ1) is 8.21. The van der Waals surface area contributed by atoms with Crippen molar-refractivity contribution in [3.8, 4) is 0 Å². The van der Waals surface area contributed by atoms with Crippen LogP contribution in [-0.2, 0) is 11.0 Å². The lowest BCUT2D eigenvalue weighted by molar-refractivity contribution is -0.138. The lowest BCUT2D eigenvalue weighted by Crippen LogP contribution is -2.35. The van der Waals surface area contributed by atoms with E-state index in [0.717, 1.165) is 12.1 Å². The number of hydrogen-bond acceptors (Lipinski definition) is 2. The van der Waals surface area contributed by atoms with Gasteiger partial charge in [-0.1, -0.05) is 0 Å². The molecule has 0 heterocycles. The molecule has 6 heteroatoms. The maximum atomic E-state index is 12.4. The second kappa shape index (κ2) is 5.29. The predicted molar refractivity (Wildman–Crippen MR) is 61.6 cm³/mol. The van der Waals surface area contributed by atoms with Gasteiger partial charge in [-0.15, -0.1) is 0 Å². The second-order valence-electron chi connectivity index (χ2n) is 4.16. The number of hydrogen-bond donors (Lipinski definition) is 1. The summed E-state index contributed by atoms with van der Waals surface area (Å²) in [6, 6.07) is 4.36. The van der Waals surface area contributed by atoms with Crippen molar-refractivity contribution in [1.82, 2.24) is 0 Å². The summed E-state index contributed by atoms with van der Waals surface area (Å²) in [5, 5.41) is 8.76. The summed E-state index contributed by atoms with van der Waals surface area (Å²) in [7, 11) is 0. The van der Waals surface area contributed by atoms with E-state index >= 15 is 0 Å². The summed E-state index contributed by atoms with van der Waals surface area (Å²) in [6.45, 7) is 3.31. The normalized spacial score (nSPS) is 11.7. The molecule has 3 nitrogen and oxygen atoms in total. The zero-order valence-electron chi connectivity index (χ0n) is 10.0. The Labute approximate surface area is 103 Å². The van der Waals surface area contributed by atoms with Crippen molar-refractivity contribution in [2.24, 2.45) is 0 Å². The van der Waals surface area contributed by atoms with E-state index in [4.69, 9.17) is 5.11 Å². The Bertz CT molecular complexity index is 412. The predicted octanol–water partition coefficient (Wildman–Crippen LogP) is 3.00. The summed E-state index contributed by atoms with van der Waals surface area (Å²) in [5.74, 6) is -1.02. The maximum Gasteiger partial charge on any atom is 0.416 e. The van der Waals surface area contributed by atoms with Crippen molar-refractivity contribution >= 4 is 11.7 Å². The van der Waals surface area contributed by atoms with Crippen molar-refractivity contribution < 1.29 is 23.1 Å². The van der Waals surface area contributed by atoms with Crippen LogP contribution in [0.4, 0.5) is 18.9 Å². The number of halogens is 3. The number of benzene rings is 1. The first kappa shape index (κ1) is 14.3. The van der Waals surface area contributed by atoms with Crippen LogP contribution in [-0.4, -0.2) is 23.7 Å². The molecular weight excluding hydrogens is 247 g/mol. The third-order valence-corrected chi connectivity index (χ3v) is 2.46. The van der Waals surface area contributed by atoms with Crippen LogP contribution in [0.1, 0.15) is 19.4 Å². The lowest BCUT2D eigenvalue weighted by atomic mass is 10.1. The fourth-order valence-electron chi connectivity index (χ4n) is 1.56. The number of carboxylic acid groups (broad SMARTS) is 1. The molecule has 18 heavy (non-hydrogen) atoms. The van der Waals surface area contributed by atoms with Crippen LogP contribution in [0.3, 0.4) is 0 Å². The molecule has 1 aromatic carbocycles. The summed E-state index contributed by atoms with van der Waals surface area (Å²) < 4.78 is 37.1. The molecule has 100 valence electrons. The molecule has 0 aliphatic heterocycles. The highest BCUT2D eigenvalue weighted by Crippen LogP contribution is 2.30. The van der Waals surface area contributed by atoms with Gasteiger partial charge in [0.15, 0.2) is 0 Å². The number of carbonyl (C=O) groups is 1. The van der Waals surface area contributed by atoms with Crippen LogP contribution in [0.25, 0.3) is 0 Å². The topological polar surface area (TPSA) is 40.5 Å². The molecular formula is C12H14F3NO2. The first-order valence-electron chi connectivity index (χ1n) is 5.37. The Balaban J connectivity index is 2.97. The molecule has 0 aromatic heterocycles. The minimum absolute atomic E-state index is 0.113. The molecule has 0 aliphatic carbocycles. The van der Waals surface area contributed by atoms with E-state index < -0.39 is 17.7 Å². The SMILES string of the molecule is CC(C)N(CC(=O)O)c1ccc(C(F)(F)F)cc1. The summed E-state index contributed by atoms with van der Waals surface area (Å²) >= 11 is 0. The molecule has 0 amide bonds. The maximum absolute atomic E-state index is 12.4. The Morgan fingerprint density at radius 3 is 2.11 bits per heavy atom. The largest absolute Gasteiger partial charge is 0.480 e. The molecule has 0 aliphatic rings. The van der Waals surface area contributed by atoms with E-state index in [0.29, 0.717) is 5.69 Å². The van der Waals surface area contributed by atoms with Crippen molar-refractivity contribution in [2.45, 2.75) is 26.1 Å². The zero-order chi connectivity index (χ0) is 13.9. The van der Waals surface area contributed by atoms with Crippen LogP contribution >= 0.6 is 0 Å². The summed E-state index contributed by atoms with van der Waals surface area (Å²) in [4.78, 5) is 12.2. The van der Waals surface area contributed by atoms with E-state index in [2.05, 4.69) is 0 Å². The van der Waals surface area contributed by atoms with Crippen molar-refractivity contribution in [2.75, 3.05) is 11.4 Å². The average Bonchev–Trinajstić information content (AvgIpc) is 2.24. The third-order valence-electron chi connectivity index (χ3n) is 2.46. The quantitative estimate of drug-likeness (QED) is 0.905. The summed E-state index contributed by atoms with van der Waals surface area (Å²) in [6.07, 6.45) is -4.38. The molecule has 0 unspecified atom stereocenters. The number of rotatable bonds is 4. The Hall–Kier alpha value is -1.72. The van der Waals surface area contributed by atoms with E-state index in [1.807, 2.05) is 0 Å². The molecule has 0 atom stereocenters. The van der Waals surface area contributed by atoms with Crippen LogP contribution in [0.15, 0.2) is 24.3 Å². The minimum Gasteiger partial charge on any atom is -0.480 e. The van der Waals surface area contributed by atoms with Crippen LogP contribution in [0.2, 0.25) is 0 Å². The van der Waals surface area contributed by atoms with Gasteiger partial charge in [0.25, 0.3) is 0 Å². The fraction of sp³-hybridized carbons (Fsp3) is 0.417. The number of aliphatic carboxylic acids is 1. The van der Waals surface area contributed by atoms with Gasteiger partial charge in [-0.3, -0.25) is 4.79 Å². The van der Waals surface area contributed by atoms with Gasteiger partial charge >= 0.3 is 12.1 Å². The Morgan fingerprint density at radius 2 is 1.78 bits per heavy atom. The number of anilines is 1. The highest BCUT2D eigenvalue weighted by Gasteiger charge is 2.30. The van der Waals surface area contributed by atoms with Gasteiger partial charge in [0.2, 0.25) is 0 Å². The first-order valence-corrected chi connectivity index (χ1v) is 5.37. The van der Waals surface area contributed by atoms with Crippen molar-refractivity contribution in [3.05, 3.63) is 29.8 Å². The number of carboxylic acids is 1. The van der Waals surface area contributed by atoms with E-state index in [-0.39, 0.29) is 12.6 Å². The van der Waals surface area contributed by atoms with Gasteiger partial charge in [0.05, 0.1) is 5.56 Å². The average molecular weight is 261 g/mol. The smallest absolute Gasteiger partial charge is 0.416 e. The molecule has 0 bridgehead atoms. The molecule has 1 rings (SSSR count). The van der Waals surface area contributed by atoms with Gasteiger partial charge in [-0.05, 0) is 38.1 Å². The van der Waals surface area contributed by atoms with Gasteiger partial charge in [-0.25, -0.2) is 0 Å². The Morgan fingerprint density at radius 1 is 1.28 bits per heavy atom. The molecule has 1 aromatic rings. The second-order valence-corrected chi connectivity index (χ2v) is 4.16. The van der Waals surface area contributed by atoms with Gasteiger partial charge in [-0.2, -0.15) is 13.2 Å². The van der Waals surface area contributed by atoms with Crippen molar-refractivity contribution in [1.29, 1.82) is 0 Å². The summed E-state index contributed by atoms with van der Waals surface area (Å²) in [5.41, 5.74) is -0.286. The third kappa shape index (κ3) is 3.65. The van der Waals surface area contributed by atoms with Crippen molar-refractivity contribution in [3.63, 3.8) is 0 Å². The highest BCUT2D eigenvalue weighted by molar-refractivity contribution is 5.74. The highest BCUT2D eigenvalue weighted by atomic mass is 19.4. The van der Waals surface area contributed by atoms with E-state index in [9.17, 15) is 18.0 Å². The zero-order valence-corrected chi connectivity index (χ0v) is 10.0. The van der Waals surface area contributed by atoms with E-state index in [1.54, 1.807) is 13.8 Å². The van der Waals surface area contributed by atoms with Crippen LogP contribution in [0.5, 0.6) is 0 Å². The number of alkyl halides is 3. The van der Waals surface area contributed by atoms with Gasteiger partial charge < -0.3 is 10.0 Å². The van der Waals surface area contributed by atoms with E-state index in [1.165, 1.54) is 17.0 Å². The molecule has 0 spiro atoms. The Kier molecular flexibility index (Phi) is 4.21. The lowest BCUT2D eigenvalue weighted by Gasteiger charge is -2.27. The van der Waals surface area contributed by atoms with Crippen LogP contribution < -0.4 is 4.90 Å². The standard InChI is InChI=1S/C12H14F3NO2/c1-8(2)16(7-11(17)18)10-5-3-9(4-6-10)12(13,14)15/h3-6,8H,7H2,1-2H3,(H,17,18). The molecule has 0 saturated heterocycles. The molecule has 0 fully saturated rings. The number of nitrogens with zero attached hydrogens (tertiary/aromatic N) is 1. The fourth-order valence-corrected chi connectivity index (χ4v) is 1.56. The van der Waals surface area contributed by atoms with Gasteiger partial charge in [0.1, 0.15) is 6.54 Å². The molecule has 0 radical (unpaired) electrons. The molecule has 0 saturated carbocycles. The molecule has 1 N–H and O–H groups in total. The monoisotopic (exact) mass is 261 g/mol.